The van der Waals surface area contributed by atoms with E-state index in [9.17, 15) is 9.59 Å². The van der Waals surface area contributed by atoms with E-state index in [1.807, 2.05) is 32.0 Å². The first-order chi connectivity index (χ1) is 11.8. The van der Waals surface area contributed by atoms with E-state index < -0.39 is 0 Å². The van der Waals surface area contributed by atoms with Gasteiger partial charge in [-0.2, -0.15) is 0 Å². The van der Waals surface area contributed by atoms with E-state index in [0.717, 1.165) is 22.7 Å². The number of carbonyl (C=O) groups is 2. The smallest absolute Gasteiger partial charge is 0.226 e. The fourth-order valence-electron chi connectivity index (χ4n) is 2.19. The van der Waals surface area contributed by atoms with Crippen molar-refractivity contribution in [3.63, 3.8) is 0 Å². The van der Waals surface area contributed by atoms with Crippen LogP contribution in [0.2, 0.25) is 0 Å². The first-order valence-corrected chi connectivity index (χ1v) is 9.14. The molecule has 1 aromatic heterocycles. The number of hydrogen-bond donors (Lipinski definition) is 2. The molecule has 1 heterocycles. The molecule has 0 aliphatic heterocycles. The monoisotopic (exact) mass is 360 g/mol. The zero-order valence-electron chi connectivity index (χ0n) is 15.0. The molecule has 0 saturated carbocycles. The minimum Gasteiger partial charge on any atom is -0.326 e. The van der Waals surface area contributed by atoms with Gasteiger partial charge in [0.05, 0.1) is 0 Å². The highest BCUT2D eigenvalue weighted by molar-refractivity contribution is 7.15. The molecule has 6 nitrogen and oxygen atoms in total. The lowest BCUT2D eigenvalue weighted by molar-refractivity contribution is -0.121. The summed E-state index contributed by atoms with van der Waals surface area (Å²) >= 11 is 1.37. The highest BCUT2D eigenvalue weighted by atomic mass is 32.1. The summed E-state index contributed by atoms with van der Waals surface area (Å²) in [6.45, 7) is 8.22. The largest absolute Gasteiger partial charge is 0.326 e. The standard InChI is InChI=1S/C18H24N4O2S/c1-11(2)9-17-21-22-18(25-17)20-16(24)8-7-15(23)19-14-6-5-12(3)13(4)10-14/h5-6,10-11H,7-9H2,1-4H3,(H,19,23)(H,20,22,24). The van der Waals surface area contributed by atoms with E-state index in [2.05, 4.69) is 34.7 Å². The maximum absolute atomic E-state index is 12.0. The molecule has 0 spiro atoms. The van der Waals surface area contributed by atoms with Crippen molar-refractivity contribution in [3.8, 4) is 0 Å². The maximum atomic E-state index is 12.0. The third-order valence-corrected chi connectivity index (χ3v) is 4.53. The lowest BCUT2D eigenvalue weighted by Gasteiger charge is -2.07. The molecule has 2 aromatic rings. The Kier molecular flexibility index (Phi) is 6.64. The van der Waals surface area contributed by atoms with Gasteiger partial charge in [-0.25, -0.2) is 0 Å². The van der Waals surface area contributed by atoms with E-state index in [-0.39, 0.29) is 24.7 Å². The van der Waals surface area contributed by atoms with E-state index in [1.54, 1.807) is 0 Å². The predicted molar refractivity (Wildman–Crippen MR) is 101 cm³/mol. The van der Waals surface area contributed by atoms with Gasteiger partial charge in [-0.05, 0) is 43.0 Å². The van der Waals surface area contributed by atoms with Crippen LogP contribution < -0.4 is 10.6 Å². The second kappa shape index (κ2) is 8.71. The molecule has 0 bridgehead atoms. The summed E-state index contributed by atoms with van der Waals surface area (Å²) in [6, 6.07) is 5.74. The van der Waals surface area contributed by atoms with E-state index in [1.165, 1.54) is 16.9 Å². The van der Waals surface area contributed by atoms with Gasteiger partial charge in [0.15, 0.2) is 0 Å². The Balaban J connectivity index is 1.78. The van der Waals surface area contributed by atoms with E-state index in [0.29, 0.717) is 11.0 Å². The molecule has 2 rings (SSSR count). The lowest BCUT2D eigenvalue weighted by Crippen LogP contribution is -2.17. The predicted octanol–water partition coefficient (Wildman–Crippen LogP) is 3.71. The number of amides is 2. The van der Waals surface area contributed by atoms with Gasteiger partial charge in [-0.15, -0.1) is 10.2 Å². The molecule has 1 aromatic carbocycles. The van der Waals surface area contributed by atoms with Gasteiger partial charge in [-0.3, -0.25) is 9.59 Å². The average Bonchev–Trinajstić information content (AvgIpc) is 2.95. The van der Waals surface area contributed by atoms with Crippen LogP contribution in [-0.2, 0) is 16.0 Å². The molecule has 2 amide bonds. The second-order valence-electron chi connectivity index (χ2n) is 6.49. The molecule has 0 fully saturated rings. The first-order valence-electron chi connectivity index (χ1n) is 8.33. The Morgan fingerprint density at radius 3 is 2.36 bits per heavy atom. The van der Waals surface area contributed by atoms with Crippen molar-refractivity contribution >= 4 is 34.0 Å². The Morgan fingerprint density at radius 1 is 1.04 bits per heavy atom. The maximum Gasteiger partial charge on any atom is 0.226 e. The number of anilines is 2. The van der Waals surface area contributed by atoms with Crippen molar-refractivity contribution in [3.05, 3.63) is 34.3 Å². The zero-order chi connectivity index (χ0) is 18.4. The molecule has 0 radical (unpaired) electrons. The molecule has 7 heteroatoms. The Morgan fingerprint density at radius 2 is 1.72 bits per heavy atom. The lowest BCUT2D eigenvalue weighted by atomic mass is 10.1. The van der Waals surface area contributed by atoms with Crippen molar-refractivity contribution in [1.29, 1.82) is 0 Å². The van der Waals surface area contributed by atoms with Gasteiger partial charge >= 0.3 is 0 Å². The summed E-state index contributed by atoms with van der Waals surface area (Å²) in [7, 11) is 0. The number of rotatable bonds is 7. The highest BCUT2D eigenvalue weighted by Crippen LogP contribution is 2.18. The van der Waals surface area contributed by atoms with Gasteiger partial charge in [-0.1, -0.05) is 31.3 Å². The van der Waals surface area contributed by atoms with Crippen LogP contribution in [-0.4, -0.2) is 22.0 Å². The normalized spacial score (nSPS) is 10.8. The number of benzene rings is 1. The molecule has 0 aliphatic rings. The number of nitrogens with one attached hydrogen (secondary N) is 2. The van der Waals surface area contributed by atoms with Crippen molar-refractivity contribution in [2.45, 2.75) is 47.0 Å². The van der Waals surface area contributed by atoms with Crippen LogP contribution in [0.25, 0.3) is 0 Å². The van der Waals surface area contributed by atoms with Crippen molar-refractivity contribution in [2.75, 3.05) is 10.6 Å². The number of hydrogen-bond acceptors (Lipinski definition) is 5. The van der Waals surface area contributed by atoms with Crippen LogP contribution >= 0.6 is 11.3 Å². The third kappa shape index (κ3) is 6.26. The van der Waals surface area contributed by atoms with Crippen molar-refractivity contribution < 1.29 is 9.59 Å². The van der Waals surface area contributed by atoms with Gasteiger partial charge in [0.25, 0.3) is 0 Å². The van der Waals surface area contributed by atoms with Crippen LogP contribution in [0.15, 0.2) is 18.2 Å². The molecule has 134 valence electrons. The molecule has 0 unspecified atom stereocenters. The molecule has 0 saturated heterocycles. The minimum atomic E-state index is -0.234. The van der Waals surface area contributed by atoms with Crippen LogP contribution in [0.1, 0.15) is 42.8 Å². The molecular weight excluding hydrogens is 336 g/mol. The Labute approximate surface area is 152 Å². The van der Waals surface area contributed by atoms with E-state index >= 15 is 0 Å². The number of carbonyl (C=O) groups excluding carboxylic acids is 2. The molecule has 0 aliphatic carbocycles. The van der Waals surface area contributed by atoms with Gasteiger partial charge < -0.3 is 10.6 Å². The number of nitrogens with zero attached hydrogens (tertiary/aromatic N) is 2. The molecule has 2 N–H and O–H groups in total. The number of aryl methyl sites for hydroxylation is 2. The highest BCUT2D eigenvalue weighted by Gasteiger charge is 2.11. The topological polar surface area (TPSA) is 84.0 Å². The molecule has 0 atom stereocenters. The summed E-state index contributed by atoms with van der Waals surface area (Å²) in [4.78, 5) is 23.9. The fourth-order valence-corrected chi connectivity index (χ4v) is 3.16. The van der Waals surface area contributed by atoms with Crippen LogP contribution in [0, 0.1) is 19.8 Å². The van der Waals surface area contributed by atoms with Crippen molar-refractivity contribution in [2.24, 2.45) is 5.92 Å². The molecule has 25 heavy (non-hydrogen) atoms. The average molecular weight is 360 g/mol. The third-order valence-electron chi connectivity index (χ3n) is 3.67. The van der Waals surface area contributed by atoms with E-state index in [4.69, 9.17) is 0 Å². The second-order valence-corrected chi connectivity index (χ2v) is 7.56. The SMILES string of the molecule is Cc1ccc(NC(=O)CCC(=O)Nc2nnc(CC(C)C)s2)cc1C. The zero-order valence-corrected chi connectivity index (χ0v) is 15.9. The van der Waals surface area contributed by atoms with Gasteiger partial charge in [0.2, 0.25) is 16.9 Å². The summed E-state index contributed by atoms with van der Waals surface area (Å²) in [5.41, 5.74) is 3.03. The Bertz CT molecular complexity index is 755. The minimum absolute atomic E-state index is 0.107. The summed E-state index contributed by atoms with van der Waals surface area (Å²) in [6.07, 6.45) is 1.07. The number of aromatic nitrogens is 2. The summed E-state index contributed by atoms with van der Waals surface area (Å²) in [5.74, 6) is 0.0734. The van der Waals surface area contributed by atoms with Crippen LogP contribution in [0.5, 0.6) is 0 Å². The van der Waals surface area contributed by atoms with Crippen molar-refractivity contribution in [1.82, 2.24) is 10.2 Å². The first kappa shape index (κ1) is 19.1. The Hall–Kier alpha value is -2.28. The van der Waals surface area contributed by atoms with Crippen LogP contribution in [0.3, 0.4) is 0 Å². The quantitative estimate of drug-likeness (QED) is 0.788. The van der Waals surface area contributed by atoms with Crippen LogP contribution in [0.4, 0.5) is 10.8 Å². The summed E-state index contributed by atoms with van der Waals surface area (Å²) < 4.78 is 0. The molecular formula is C18H24N4O2S. The van der Waals surface area contributed by atoms with Gasteiger partial charge in [0.1, 0.15) is 5.01 Å². The summed E-state index contributed by atoms with van der Waals surface area (Å²) in [5, 5.41) is 14.9. The fraction of sp³-hybridized carbons (Fsp3) is 0.444. The van der Waals surface area contributed by atoms with Gasteiger partial charge in [0, 0.05) is 24.9 Å².